The van der Waals surface area contributed by atoms with E-state index in [2.05, 4.69) is 48.1 Å². The summed E-state index contributed by atoms with van der Waals surface area (Å²) in [5.74, 6) is 5.86. The number of halogens is 2. The largest absolute Gasteiger partial charge is 0.206 e. The zero-order chi connectivity index (χ0) is 21.3. The Morgan fingerprint density at radius 3 is 2.37 bits per heavy atom. The van der Waals surface area contributed by atoms with Gasteiger partial charge in [0.2, 0.25) is 0 Å². The van der Waals surface area contributed by atoms with E-state index >= 15 is 0 Å². The summed E-state index contributed by atoms with van der Waals surface area (Å²) in [5, 5.41) is 2.04. The molecule has 0 aromatic heterocycles. The van der Waals surface area contributed by atoms with E-state index in [4.69, 9.17) is 0 Å². The van der Waals surface area contributed by atoms with Gasteiger partial charge < -0.3 is 0 Å². The molecule has 0 atom stereocenters. The van der Waals surface area contributed by atoms with Gasteiger partial charge in [0.1, 0.15) is 11.5 Å². The van der Waals surface area contributed by atoms with Gasteiger partial charge in [-0.05, 0) is 73.5 Å². The van der Waals surface area contributed by atoms with Crippen molar-refractivity contribution in [3.8, 4) is 11.8 Å². The highest BCUT2D eigenvalue weighted by Crippen LogP contribution is 2.37. The summed E-state index contributed by atoms with van der Waals surface area (Å²) >= 11 is 4.44. The number of hydrogen-bond donors (Lipinski definition) is 0. The molecule has 1 saturated carbocycles. The molecule has 0 bridgehead atoms. The van der Waals surface area contributed by atoms with Crippen molar-refractivity contribution in [3.63, 3.8) is 0 Å². The number of isothiocyanates is 1. The quantitative estimate of drug-likeness (QED) is 0.199. The van der Waals surface area contributed by atoms with E-state index in [9.17, 15) is 8.78 Å². The molecular weight excluding hydrogens is 396 g/mol. The lowest BCUT2D eigenvalue weighted by Gasteiger charge is -2.29. The first-order valence-electron chi connectivity index (χ1n) is 10.8. The third kappa shape index (κ3) is 6.08. The Kier molecular flexibility index (Phi) is 8.31. The molecule has 1 aliphatic carbocycles. The molecule has 2 aromatic rings. The maximum absolute atomic E-state index is 14.1. The number of nitrogens with zero attached hydrogens (tertiary/aromatic N) is 1. The van der Waals surface area contributed by atoms with Gasteiger partial charge >= 0.3 is 0 Å². The van der Waals surface area contributed by atoms with Crippen LogP contribution >= 0.6 is 12.2 Å². The van der Waals surface area contributed by atoms with Crippen molar-refractivity contribution in [1.82, 2.24) is 0 Å². The minimum atomic E-state index is -0.668. The van der Waals surface area contributed by atoms with Crippen LogP contribution < -0.4 is 0 Å². The van der Waals surface area contributed by atoms with Gasteiger partial charge in [0, 0.05) is 11.6 Å². The highest BCUT2D eigenvalue weighted by Gasteiger charge is 2.21. The van der Waals surface area contributed by atoms with Crippen LogP contribution in [0.3, 0.4) is 0 Å². The van der Waals surface area contributed by atoms with Gasteiger partial charge in [0.25, 0.3) is 0 Å². The highest BCUT2D eigenvalue weighted by atomic mass is 32.1. The van der Waals surface area contributed by atoms with Crippen molar-refractivity contribution >= 4 is 23.1 Å². The first kappa shape index (κ1) is 22.3. The predicted molar refractivity (Wildman–Crippen MR) is 122 cm³/mol. The average Bonchev–Trinajstić information content (AvgIpc) is 2.76. The van der Waals surface area contributed by atoms with Crippen LogP contribution in [0.5, 0.6) is 0 Å². The van der Waals surface area contributed by atoms with E-state index in [0.717, 1.165) is 23.6 Å². The molecule has 0 radical (unpaired) electrons. The number of unbranched alkanes of at least 4 members (excludes halogenated alkanes) is 2. The molecule has 0 saturated heterocycles. The summed E-state index contributed by atoms with van der Waals surface area (Å²) in [7, 11) is 0. The third-order valence-electron chi connectivity index (χ3n) is 5.99. The average molecular weight is 424 g/mol. The van der Waals surface area contributed by atoms with Crippen LogP contribution in [0.25, 0.3) is 0 Å². The monoisotopic (exact) mass is 423 g/mol. The molecule has 30 heavy (non-hydrogen) atoms. The maximum atomic E-state index is 14.1. The Labute approximate surface area is 183 Å². The SMILES string of the molecule is CCCCCC1CCC(c2ccc(C#Cc3cc(F)c(N=C=S)cc3F)cc2)CC1. The van der Waals surface area contributed by atoms with Crippen molar-refractivity contribution < 1.29 is 8.78 Å². The lowest BCUT2D eigenvalue weighted by molar-refractivity contribution is 0.303. The summed E-state index contributed by atoms with van der Waals surface area (Å²) in [6.45, 7) is 2.26. The number of hydrogen-bond acceptors (Lipinski definition) is 2. The molecule has 0 spiro atoms. The molecule has 0 unspecified atom stereocenters. The third-order valence-corrected chi connectivity index (χ3v) is 6.08. The summed E-state index contributed by atoms with van der Waals surface area (Å²) in [6.07, 6.45) is 10.5. The number of rotatable bonds is 6. The Balaban J connectivity index is 1.61. The molecule has 2 aromatic carbocycles. The molecular formula is C26H27F2NS. The van der Waals surface area contributed by atoms with Gasteiger partial charge in [0.15, 0.2) is 5.82 Å². The molecule has 1 nitrogen and oxygen atoms in total. The van der Waals surface area contributed by atoms with E-state index in [1.165, 1.54) is 56.9 Å². The Morgan fingerprint density at radius 2 is 1.70 bits per heavy atom. The van der Waals surface area contributed by atoms with Gasteiger partial charge in [-0.2, -0.15) is 4.99 Å². The van der Waals surface area contributed by atoms with E-state index in [0.29, 0.717) is 5.92 Å². The lowest BCUT2D eigenvalue weighted by atomic mass is 9.77. The summed E-state index contributed by atoms with van der Waals surface area (Å²) in [5.41, 5.74) is 1.97. The van der Waals surface area contributed by atoms with E-state index in [-0.39, 0.29) is 11.3 Å². The van der Waals surface area contributed by atoms with Gasteiger partial charge in [-0.15, -0.1) is 0 Å². The Hall–Kier alpha value is -2.34. The fraction of sp³-hybridized carbons (Fsp3) is 0.423. The van der Waals surface area contributed by atoms with Gasteiger partial charge in [-0.1, -0.05) is 56.6 Å². The van der Waals surface area contributed by atoms with Crippen LogP contribution in [0.2, 0.25) is 0 Å². The van der Waals surface area contributed by atoms with Crippen molar-refractivity contribution in [2.24, 2.45) is 10.9 Å². The fourth-order valence-electron chi connectivity index (χ4n) is 4.21. The fourth-order valence-corrected chi connectivity index (χ4v) is 4.31. The molecule has 1 fully saturated rings. The molecule has 156 valence electrons. The molecule has 0 heterocycles. The van der Waals surface area contributed by atoms with Crippen molar-refractivity contribution in [1.29, 1.82) is 0 Å². The second kappa shape index (κ2) is 11.2. The highest BCUT2D eigenvalue weighted by molar-refractivity contribution is 7.78. The lowest BCUT2D eigenvalue weighted by Crippen LogP contribution is -2.13. The van der Waals surface area contributed by atoms with Gasteiger partial charge in [0.05, 0.1) is 10.7 Å². The number of aliphatic imine (C=N–C) groups is 1. The topological polar surface area (TPSA) is 12.4 Å². The zero-order valence-electron chi connectivity index (χ0n) is 17.4. The van der Waals surface area contributed by atoms with Crippen molar-refractivity contribution in [3.05, 3.63) is 64.7 Å². The van der Waals surface area contributed by atoms with Crippen molar-refractivity contribution in [2.45, 2.75) is 64.2 Å². The van der Waals surface area contributed by atoms with Crippen LogP contribution in [0.15, 0.2) is 41.4 Å². The second-order valence-electron chi connectivity index (χ2n) is 8.07. The van der Waals surface area contributed by atoms with Crippen LogP contribution in [0.1, 0.15) is 80.9 Å². The molecule has 0 aliphatic heterocycles. The first-order valence-corrected chi connectivity index (χ1v) is 11.2. The number of benzene rings is 2. The maximum Gasteiger partial charge on any atom is 0.151 e. The standard InChI is InChI=1S/C26H27F2NS/c1-2-3-4-5-19-6-11-21(12-7-19)22-13-8-20(9-14-22)10-15-23-16-25(28)26(29-18-30)17-24(23)27/h8-9,13-14,16-17,19,21H,2-7,11-12H2,1H3. The predicted octanol–water partition coefficient (Wildman–Crippen LogP) is 7.95. The Morgan fingerprint density at radius 1 is 0.967 bits per heavy atom. The molecule has 0 amide bonds. The van der Waals surface area contributed by atoms with Crippen LogP contribution in [0, 0.1) is 29.4 Å². The van der Waals surface area contributed by atoms with Crippen LogP contribution in [-0.4, -0.2) is 5.16 Å². The summed E-state index contributed by atoms with van der Waals surface area (Å²) in [4.78, 5) is 3.51. The summed E-state index contributed by atoms with van der Waals surface area (Å²) in [6, 6.07) is 10.2. The zero-order valence-corrected chi connectivity index (χ0v) is 18.2. The van der Waals surface area contributed by atoms with Gasteiger partial charge in [-0.3, -0.25) is 0 Å². The first-order chi connectivity index (χ1) is 14.6. The smallest absolute Gasteiger partial charge is 0.151 e. The van der Waals surface area contributed by atoms with Crippen LogP contribution in [0.4, 0.5) is 14.5 Å². The summed E-state index contributed by atoms with van der Waals surface area (Å²) < 4.78 is 28.0. The van der Waals surface area contributed by atoms with Crippen LogP contribution in [-0.2, 0) is 0 Å². The minimum absolute atomic E-state index is 0.00119. The van der Waals surface area contributed by atoms with Gasteiger partial charge in [-0.25, -0.2) is 8.78 Å². The molecule has 1 aliphatic rings. The van der Waals surface area contributed by atoms with E-state index < -0.39 is 11.6 Å². The molecule has 4 heteroatoms. The molecule has 3 rings (SSSR count). The van der Waals surface area contributed by atoms with Crippen molar-refractivity contribution in [2.75, 3.05) is 0 Å². The van der Waals surface area contributed by atoms with E-state index in [1.54, 1.807) is 0 Å². The minimum Gasteiger partial charge on any atom is -0.206 e. The molecule has 0 N–H and O–H groups in total. The number of thiocarbonyl (C=S) groups is 1. The second-order valence-corrected chi connectivity index (χ2v) is 8.25. The van der Waals surface area contributed by atoms with E-state index in [1.807, 2.05) is 17.3 Å². The normalized spacial score (nSPS) is 18.2. The Bertz CT molecular complexity index is 957.